The maximum atomic E-state index is 14.8. The lowest BCUT2D eigenvalue weighted by atomic mass is 9.33. The van der Waals surface area contributed by atoms with E-state index in [0.717, 1.165) is 24.8 Å². The average Bonchev–Trinajstić information content (AvgIpc) is 3.36. The molecule has 0 aromatic rings. The van der Waals surface area contributed by atoms with E-state index in [-0.39, 0.29) is 41.8 Å². The fourth-order valence-corrected chi connectivity index (χ4v) is 16.1. The molecule has 4 heterocycles. The highest BCUT2D eigenvalue weighted by atomic mass is 16.8. The molecule has 9 rings (SSSR count). The largest absolute Gasteiger partial charge is 0.432 e. The number of esters is 1. The Hall–Kier alpha value is -1.59. The minimum atomic E-state index is -1.84. The lowest BCUT2D eigenvalue weighted by molar-refractivity contribution is -0.384. The maximum absolute atomic E-state index is 14.8. The number of carbonyl (C=O) groups excluding carboxylic acids is 1. The molecule has 0 radical (unpaired) electrons. The predicted octanol–water partition coefficient (Wildman–Crippen LogP) is -1.78. The fourth-order valence-electron chi connectivity index (χ4n) is 16.1. The lowest BCUT2D eigenvalue weighted by Gasteiger charge is -2.71. The van der Waals surface area contributed by atoms with Gasteiger partial charge in [0.05, 0.1) is 44.6 Å². The molecule has 22 nitrogen and oxygen atoms in total. The van der Waals surface area contributed by atoms with Crippen molar-refractivity contribution in [1.82, 2.24) is 0 Å². The molecule has 5 aliphatic carbocycles. The summed E-state index contributed by atoms with van der Waals surface area (Å²) in [7, 11) is 0. The van der Waals surface area contributed by atoms with Crippen LogP contribution in [0.4, 0.5) is 0 Å². The van der Waals surface area contributed by atoms with Crippen LogP contribution >= 0.6 is 0 Å². The van der Waals surface area contributed by atoms with Crippen molar-refractivity contribution >= 4 is 5.97 Å². The molecule has 0 spiro atoms. The molecule has 4 saturated carbocycles. The Morgan fingerprint density at radius 3 is 1.82 bits per heavy atom. The van der Waals surface area contributed by atoms with Crippen LogP contribution in [0.2, 0.25) is 0 Å². The molecule has 4 saturated heterocycles. The van der Waals surface area contributed by atoms with Gasteiger partial charge in [0, 0.05) is 5.41 Å². The maximum Gasteiger partial charge on any atom is 0.315 e. The molecular weight excluding hydrogens is 977 g/mol. The van der Waals surface area contributed by atoms with Gasteiger partial charge in [-0.25, -0.2) is 0 Å². The Morgan fingerprint density at radius 1 is 0.595 bits per heavy atom. The topological polar surface area (TPSA) is 354 Å². The normalized spacial score (nSPS) is 53.1. The van der Waals surface area contributed by atoms with Crippen molar-refractivity contribution in [3.8, 4) is 0 Å². The van der Waals surface area contributed by atoms with Crippen molar-refractivity contribution in [1.29, 1.82) is 0 Å². The van der Waals surface area contributed by atoms with Crippen LogP contribution in [0.5, 0.6) is 0 Å². The van der Waals surface area contributed by atoms with Crippen molar-refractivity contribution < 1.29 is 109 Å². The molecule has 26 atom stereocenters. The summed E-state index contributed by atoms with van der Waals surface area (Å²) in [5.74, 6) is -0.764. The summed E-state index contributed by atoms with van der Waals surface area (Å²) < 4.78 is 48.5. The van der Waals surface area contributed by atoms with E-state index >= 15 is 0 Å². The van der Waals surface area contributed by atoms with Gasteiger partial charge >= 0.3 is 5.97 Å². The van der Waals surface area contributed by atoms with Gasteiger partial charge in [-0.3, -0.25) is 4.79 Å². The van der Waals surface area contributed by atoms with Crippen LogP contribution in [0, 0.1) is 50.2 Å². The van der Waals surface area contributed by atoms with Gasteiger partial charge in [-0.2, -0.15) is 0 Å². The average molecular weight is 1060 g/mol. The molecule has 8 fully saturated rings. The van der Waals surface area contributed by atoms with Gasteiger partial charge in [-0.1, -0.05) is 53.2 Å². The number of ether oxygens (including phenoxy) is 8. The summed E-state index contributed by atoms with van der Waals surface area (Å²) >= 11 is 0. The molecular formula is C52H84O22. The predicted molar refractivity (Wildman–Crippen MR) is 252 cm³/mol. The SMILES string of the molecule is CC1(C)CC[C@]2(C(=O)O[C@@H]3O[C@H](CO)[C@@H](O)[C@H](O)[C@H]3O)CC[C@]3(CO)C(=CC[C@@H]4[C@@]5(C)CC[C@H](O[C@@H]6OC[C@H](O)[C@H](O[C@@H]7O[C@H](CO)[C@@H](O)[C@H](O)[C@H]7O)[C@H]6O[C@@H]6OC[C@@H](O)[C@H](O)[C@H]6O)C(C)(C)[C@@H]5CC[C@]43C)[C@@H]2C1. The van der Waals surface area contributed by atoms with Gasteiger partial charge < -0.3 is 104 Å². The molecule has 74 heavy (non-hydrogen) atoms. The Balaban J connectivity index is 0.980. The van der Waals surface area contributed by atoms with Crippen LogP contribution in [-0.4, -0.2) is 222 Å². The smallest absolute Gasteiger partial charge is 0.315 e. The molecule has 0 aromatic carbocycles. The third kappa shape index (κ3) is 9.16. The summed E-state index contributed by atoms with van der Waals surface area (Å²) in [6, 6.07) is 0. The van der Waals surface area contributed by atoms with E-state index in [2.05, 4.69) is 47.6 Å². The third-order valence-electron chi connectivity index (χ3n) is 20.6. The first-order valence-electron chi connectivity index (χ1n) is 26.8. The number of aliphatic hydroxyl groups is 13. The molecule has 0 unspecified atom stereocenters. The number of rotatable bonds is 11. The molecule has 4 aliphatic heterocycles. The van der Waals surface area contributed by atoms with E-state index in [1.165, 1.54) is 0 Å². The molecule has 424 valence electrons. The van der Waals surface area contributed by atoms with E-state index in [1.807, 2.05) is 0 Å². The van der Waals surface area contributed by atoms with Crippen molar-refractivity contribution in [2.45, 2.75) is 222 Å². The molecule has 13 N–H and O–H groups in total. The Bertz CT molecular complexity index is 2020. The zero-order valence-corrected chi connectivity index (χ0v) is 43.4. The molecule has 0 amide bonds. The van der Waals surface area contributed by atoms with Gasteiger partial charge in [0.1, 0.15) is 85.5 Å². The Morgan fingerprint density at radius 2 is 1.18 bits per heavy atom. The minimum absolute atomic E-state index is 0.0529. The number of allylic oxidation sites excluding steroid dienone is 1. The number of hydrogen-bond acceptors (Lipinski definition) is 22. The second-order valence-corrected chi connectivity index (χ2v) is 25.3. The summed E-state index contributed by atoms with van der Waals surface area (Å²) in [6.45, 7) is 11.0. The summed E-state index contributed by atoms with van der Waals surface area (Å²) in [4.78, 5) is 14.8. The second kappa shape index (κ2) is 20.8. The van der Waals surface area contributed by atoms with Crippen LogP contribution in [0.15, 0.2) is 11.6 Å². The van der Waals surface area contributed by atoms with E-state index < -0.39 is 164 Å². The minimum Gasteiger partial charge on any atom is -0.432 e. The molecule has 0 bridgehead atoms. The second-order valence-electron chi connectivity index (χ2n) is 25.3. The van der Waals surface area contributed by atoms with Crippen LogP contribution in [0.3, 0.4) is 0 Å². The third-order valence-corrected chi connectivity index (χ3v) is 20.6. The van der Waals surface area contributed by atoms with Gasteiger partial charge in [-0.15, -0.1) is 0 Å². The Labute approximate surface area is 431 Å². The van der Waals surface area contributed by atoms with Gasteiger partial charge in [-0.05, 0) is 104 Å². The van der Waals surface area contributed by atoms with Crippen molar-refractivity contribution in [2.24, 2.45) is 50.2 Å². The number of hydrogen-bond donors (Lipinski definition) is 13. The fraction of sp³-hybridized carbons (Fsp3) is 0.942. The van der Waals surface area contributed by atoms with Crippen molar-refractivity contribution in [2.75, 3.05) is 33.0 Å². The van der Waals surface area contributed by atoms with Crippen molar-refractivity contribution in [3.05, 3.63) is 11.6 Å². The zero-order valence-electron chi connectivity index (χ0n) is 43.4. The van der Waals surface area contributed by atoms with E-state index in [0.29, 0.717) is 44.9 Å². The van der Waals surface area contributed by atoms with Crippen LogP contribution in [-0.2, 0) is 42.7 Å². The number of fused-ring (bicyclic) bond motifs is 7. The lowest BCUT2D eigenvalue weighted by Crippen LogP contribution is -2.67. The summed E-state index contributed by atoms with van der Waals surface area (Å²) in [5, 5.41) is 139. The first-order valence-corrected chi connectivity index (χ1v) is 26.8. The quantitative estimate of drug-likeness (QED) is 0.0618. The summed E-state index contributed by atoms with van der Waals surface area (Å²) in [5.41, 5.74) is -2.12. The Kier molecular flexibility index (Phi) is 16.1. The van der Waals surface area contributed by atoms with Crippen LogP contribution in [0.1, 0.15) is 106 Å². The van der Waals surface area contributed by atoms with Gasteiger partial charge in [0.2, 0.25) is 6.29 Å². The van der Waals surface area contributed by atoms with Crippen molar-refractivity contribution in [3.63, 3.8) is 0 Å². The molecule has 22 heteroatoms. The standard InChI is InChI=1S/C52H84O22/c1-47(2)13-14-51(46(66)74-44-39(65)36(62)34(60)28(19-54)70-44)15-16-52(22-55)23(24(51)17-47)7-8-30-49(5)11-10-31(48(3,4)29(49)9-12-50(30,52)6)71-45-41(73-42-37(63)32(58)25(56)20-67-42)40(26(57)21-68-45)72-43-38(64)35(61)33(59)27(18-53)69-43/h7,24-45,53-65H,8-22H2,1-6H3/t24-,25+,26-,27+,28+,29-,30+,31-,32-,33+,34+,35-,36-,37+,38+,39+,40-,41+,42-,43-,44-,45-,49-,50+,51-,52-/m0/s1. The molecule has 0 aromatic heterocycles. The van der Waals surface area contributed by atoms with E-state index in [4.69, 9.17) is 37.9 Å². The number of carbonyl (C=O) groups is 1. The first-order chi connectivity index (χ1) is 34.7. The first kappa shape index (κ1) is 57.1. The highest BCUT2D eigenvalue weighted by Gasteiger charge is 2.71. The molecule has 9 aliphatic rings. The van der Waals surface area contributed by atoms with Gasteiger partial charge in [0.15, 0.2) is 18.9 Å². The number of aliphatic hydroxyl groups excluding tert-OH is 13. The summed E-state index contributed by atoms with van der Waals surface area (Å²) in [6.07, 6.45) is -20.6. The van der Waals surface area contributed by atoms with E-state index in [1.54, 1.807) is 0 Å². The zero-order chi connectivity index (χ0) is 53.8. The van der Waals surface area contributed by atoms with Crippen LogP contribution in [0.25, 0.3) is 0 Å². The van der Waals surface area contributed by atoms with E-state index in [9.17, 15) is 71.2 Å². The monoisotopic (exact) mass is 1060 g/mol. The highest BCUT2D eigenvalue weighted by Crippen LogP contribution is 2.76. The van der Waals surface area contributed by atoms with Gasteiger partial charge in [0.25, 0.3) is 0 Å². The van der Waals surface area contributed by atoms with Crippen LogP contribution < -0.4 is 0 Å². The highest BCUT2D eigenvalue weighted by molar-refractivity contribution is 5.79.